The molecule has 1 aromatic heterocycles. The minimum Gasteiger partial charge on any atom is -0.477 e. The lowest BCUT2D eigenvalue weighted by molar-refractivity contribution is 0.0702. The summed E-state index contributed by atoms with van der Waals surface area (Å²) < 4.78 is 25.6. The number of hydrogen-bond donors (Lipinski definition) is 1. The maximum absolute atomic E-state index is 12.3. The summed E-state index contributed by atoms with van der Waals surface area (Å²) in [6.45, 7) is 3.46. The lowest BCUT2D eigenvalue weighted by Gasteiger charge is -2.17. The average Bonchev–Trinajstić information content (AvgIpc) is 2.68. The number of aryl methyl sites for hydroxylation is 1. The predicted octanol–water partition coefficient (Wildman–Crippen LogP) is 1.40. The summed E-state index contributed by atoms with van der Waals surface area (Å²) in [4.78, 5) is 11.3. The van der Waals surface area contributed by atoms with Gasteiger partial charge in [0, 0.05) is 11.4 Å². The number of hydrogen-bond acceptors (Lipinski definition) is 4. The lowest BCUT2D eigenvalue weighted by Crippen LogP contribution is -2.31. The highest BCUT2D eigenvalue weighted by Crippen LogP contribution is 2.28. The number of sulfonamides is 1. The number of rotatable bonds is 5. The van der Waals surface area contributed by atoms with E-state index in [4.69, 9.17) is 11.5 Å². The van der Waals surface area contributed by atoms with Crippen molar-refractivity contribution in [1.29, 1.82) is 0 Å². The molecule has 98 valence electrons. The van der Waals surface area contributed by atoms with Crippen LogP contribution in [0.3, 0.4) is 0 Å². The molecule has 0 aliphatic heterocycles. The van der Waals surface area contributed by atoms with Gasteiger partial charge in [0.2, 0.25) is 10.0 Å². The number of carboxylic acid groups (broad SMARTS) is 1. The van der Waals surface area contributed by atoms with Crippen molar-refractivity contribution in [2.45, 2.75) is 18.7 Å². The third kappa shape index (κ3) is 2.72. The van der Waals surface area contributed by atoms with Gasteiger partial charge in [-0.15, -0.1) is 17.8 Å². The van der Waals surface area contributed by atoms with Gasteiger partial charge in [0.05, 0.1) is 11.4 Å². The summed E-state index contributed by atoms with van der Waals surface area (Å²) in [5.74, 6) is 1.14. The quantitative estimate of drug-likeness (QED) is 0.831. The molecule has 0 fully saturated rings. The van der Waals surface area contributed by atoms with E-state index in [0.29, 0.717) is 4.88 Å². The Morgan fingerprint density at radius 1 is 1.61 bits per heavy atom. The highest BCUT2D eigenvalue weighted by atomic mass is 32.2. The van der Waals surface area contributed by atoms with Crippen molar-refractivity contribution < 1.29 is 18.3 Å². The highest BCUT2D eigenvalue weighted by Gasteiger charge is 2.27. The van der Waals surface area contributed by atoms with Crippen LogP contribution in [0.2, 0.25) is 0 Å². The van der Waals surface area contributed by atoms with Gasteiger partial charge in [-0.3, -0.25) is 0 Å². The van der Waals surface area contributed by atoms with Gasteiger partial charge in [-0.25, -0.2) is 13.2 Å². The molecular weight excluding hydrogens is 274 g/mol. The summed E-state index contributed by atoms with van der Waals surface area (Å²) in [6, 6.07) is 1.18. The minimum absolute atomic E-state index is 0.00263. The van der Waals surface area contributed by atoms with Crippen molar-refractivity contribution >= 4 is 27.3 Å². The van der Waals surface area contributed by atoms with Gasteiger partial charge in [-0.1, -0.05) is 12.8 Å². The Balaban J connectivity index is 3.28. The number of carboxylic acids is 1. The molecule has 0 bridgehead atoms. The second-order valence-electron chi connectivity index (χ2n) is 3.47. The Bertz CT molecular complexity index is 595. The number of thiophene rings is 1. The van der Waals surface area contributed by atoms with Crippen LogP contribution >= 0.6 is 11.3 Å². The maximum atomic E-state index is 12.3. The SMILES string of the molecule is C#CCN(CC)S(=O)(=O)c1cc(C(=O)O)sc1C. The fraction of sp³-hybridized carbons (Fsp3) is 0.364. The number of nitrogens with zero attached hydrogens (tertiary/aromatic N) is 1. The molecule has 1 heterocycles. The first-order valence-corrected chi connectivity index (χ1v) is 7.37. The molecule has 0 saturated heterocycles. The van der Waals surface area contributed by atoms with Crippen LogP contribution in [0.1, 0.15) is 21.5 Å². The standard InChI is InChI=1S/C11H13NO4S2/c1-4-6-12(5-2)18(15,16)10-7-9(11(13)14)17-8(10)3/h1,7H,5-6H2,2-3H3,(H,13,14). The molecule has 0 aliphatic rings. The number of aromatic carboxylic acids is 1. The first-order valence-electron chi connectivity index (χ1n) is 5.12. The number of carbonyl (C=O) groups is 1. The lowest BCUT2D eigenvalue weighted by atomic mass is 10.4. The van der Waals surface area contributed by atoms with Crippen molar-refractivity contribution in [2.24, 2.45) is 0 Å². The Morgan fingerprint density at radius 3 is 2.61 bits per heavy atom. The molecule has 1 aromatic rings. The fourth-order valence-corrected chi connectivity index (χ4v) is 4.20. The summed E-state index contributed by atoms with van der Waals surface area (Å²) in [7, 11) is -3.72. The molecule has 1 N–H and O–H groups in total. The zero-order valence-electron chi connectivity index (χ0n) is 10.0. The van der Waals surface area contributed by atoms with E-state index in [2.05, 4.69) is 5.92 Å². The first-order chi connectivity index (χ1) is 8.34. The van der Waals surface area contributed by atoms with Crippen molar-refractivity contribution in [3.05, 3.63) is 15.8 Å². The van der Waals surface area contributed by atoms with Crippen molar-refractivity contribution in [3.63, 3.8) is 0 Å². The third-order valence-corrected chi connectivity index (χ3v) is 5.54. The molecule has 0 atom stereocenters. The predicted molar refractivity (Wildman–Crippen MR) is 69.3 cm³/mol. The van der Waals surface area contributed by atoms with E-state index in [1.807, 2.05) is 0 Å². The molecule has 5 nitrogen and oxygen atoms in total. The van der Waals surface area contributed by atoms with Gasteiger partial charge in [-0.05, 0) is 13.0 Å². The summed E-state index contributed by atoms with van der Waals surface area (Å²) >= 11 is 0.938. The van der Waals surface area contributed by atoms with Gasteiger partial charge in [-0.2, -0.15) is 4.31 Å². The van der Waals surface area contributed by atoms with E-state index < -0.39 is 16.0 Å². The second-order valence-corrected chi connectivity index (χ2v) is 6.63. The van der Waals surface area contributed by atoms with Gasteiger partial charge in [0.1, 0.15) is 4.88 Å². The zero-order chi connectivity index (χ0) is 13.9. The monoisotopic (exact) mass is 287 g/mol. The molecular formula is C11H13NO4S2. The van der Waals surface area contributed by atoms with E-state index in [1.54, 1.807) is 13.8 Å². The van der Waals surface area contributed by atoms with Crippen molar-refractivity contribution in [3.8, 4) is 12.3 Å². The topological polar surface area (TPSA) is 74.7 Å². The minimum atomic E-state index is -3.72. The zero-order valence-corrected chi connectivity index (χ0v) is 11.6. The molecule has 0 radical (unpaired) electrons. The second kappa shape index (κ2) is 5.52. The van der Waals surface area contributed by atoms with Gasteiger partial charge >= 0.3 is 5.97 Å². The largest absolute Gasteiger partial charge is 0.477 e. The Morgan fingerprint density at radius 2 is 2.22 bits per heavy atom. The van der Waals surface area contributed by atoms with Crippen LogP contribution in [-0.2, 0) is 10.0 Å². The summed E-state index contributed by atoms with van der Waals surface area (Å²) in [5.41, 5.74) is 0. The molecule has 0 aromatic carbocycles. The van der Waals surface area contributed by atoms with Crippen LogP contribution in [0.25, 0.3) is 0 Å². The van der Waals surface area contributed by atoms with Gasteiger partial charge < -0.3 is 5.11 Å². The first kappa shape index (κ1) is 14.7. The molecule has 0 aliphatic carbocycles. The highest BCUT2D eigenvalue weighted by molar-refractivity contribution is 7.89. The summed E-state index contributed by atoms with van der Waals surface area (Å²) in [6.07, 6.45) is 5.12. The van der Waals surface area contributed by atoms with E-state index >= 15 is 0 Å². The van der Waals surface area contributed by atoms with Crippen LogP contribution in [0.15, 0.2) is 11.0 Å². The molecule has 0 unspecified atom stereocenters. The Kier molecular flexibility index (Phi) is 4.51. The van der Waals surface area contributed by atoms with Gasteiger partial charge in [0.15, 0.2) is 0 Å². The molecule has 1 rings (SSSR count). The Labute approximate surface area is 110 Å². The smallest absolute Gasteiger partial charge is 0.345 e. The van der Waals surface area contributed by atoms with Crippen LogP contribution in [0, 0.1) is 19.3 Å². The van der Waals surface area contributed by atoms with Crippen LogP contribution in [-0.4, -0.2) is 36.9 Å². The van der Waals surface area contributed by atoms with Gasteiger partial charge in [0.25, 0.3) is 0 Å². The third-order valence-electron chi connectivity index (χ3n) is 2.32. The Hall–Kier alpha value is -1.36. The van der Waals surface area contributed by atoms with E-state index in [9.17, 15) is 13.2 Å². The molecule has 7 heteroatoms. The molecule has 0 spiro atoms. The van der Waals surface area contributed by atoms with Crippen molar-refractivity contribution in [1.82, 2.24) is 4.31 Å². The molecule has 18 heavy (non-hydrogen) atoms. The summed E-state index contributed by atoms with van der Waals surface area (Å²) in [5, 5.41) is 8.86. The van der Waals surface area contributed by atoms with Crippen LogP contribution in [0.5, 0.6) is 0 Å². The number of terminal acetylenes is 1. The maximum Gasteiger partial charge on any atom is 0.345 e. The molecule has 0 saturated carbocycles. The van der Waals surface area contributed by atoms with Crippen LogP contribution < -0.4 is 0 Å². The normalized spacial score (nSPS) is 11.4. The van der Waals surface area contributed by atoms with E-state index in [-0.39, 0.29) is 22.9 Å². The fourth-order valence-electron chi connectivity index (χ4n) is 1.43. The average molecular weight is 287 g/mol. The van der Waals surface area contributed by atoms with Crippen LogP contribution in [0.4, 0.5) is 0 Å². The van der Waals surface area contributed by atoms with E-state index in [1.165, 1.54) is 6.07 Å². The van der Waals surface area contributed by atoms with Crippen molar-refractivity contribution in [2.75, 3.05) is 13.1 Å². The van der Waals surface area contributed by atoms with E-state index in [0.717, 1.165) is 15.6 Å². The molecule has 0 amide bonds.